The maximum absolute atomic E-state index is 11.8. The minimum absolute atomic E-state index is 0. The van der Waals surface area contributed by atoms with Gasteiger partial charge in [-0.3, -0.25) is 9.48 Å². The molecule has 1 saturated carbocycles. The number of amides is 1. The van der Waals surface area contributed by atoms with E-state index in [0.717, 1.165) is 43.6 Å². The molecular formula is C14H25ClN4O. The van der Waals surface area contributed by atoms with Gasteiger partial charge in [-0.25, -0.2) is 0 Å². The number of carbonyl (C=O) groups is 1. The van der Waals surface area contributed by atoms with Gasteiger partial charge in [0, 0.05) is 30.7 Å². The molecule has 5 nitrogen and oxygen atoms in total. The largest absolute Gasteiger partial charge is 0.353 e. The van der Waals surface area contributed by atoms with Gasteiger partial charge in [0.25, 0.3) is 0 Å². The molecule has 0 aliphatic heterocycles. The van der Waals surface area contributed by atoms with Gasteiger partial charge in [-0.2, -0.15) is 5.10 Å². The molecule has 1 amide bonds. The molecule has 0 aromatic carbocycles. The Labute approximate surface area is 126 Å². The number of nitrogens with zero attached hydrogens (tertiary/aromatic N) is 2. The molecule has 114 valence electrons. The highest BCUT2D eigenvalue weighted by Gasteiger charge is 2.22. The van der Waals surface area contributed by atoms with Gasteiger partial charge in [0.15, 0.2) is 0 Å². The second-order valence-electron chi connectivity index (χ2n) is 5.59. The third-order valence-corrected chi connectivity index (χ3v) is 3.72. The maximum atomic E-state index is 11.8. The lowest BCUT2D eigenvalue weighted by Crippen LogP contribution is -2.34. The van der Waals surface area contributed by atoms with E-state index in [4.69, 9.17) is 5.73 Å². The molecule has 6 heteroatoms. The van der Waals surface area contributed by atoms with Crippen LogP contribution in [0.15, 0.2) is 6.07 Å². The third-order valence-electron chi connectivity index (χ3n) is 3.72. The summed E-state index contributed by atoms with van der Waals surface area (Å²) in [5, 5.41) is 7.46. The van der Waals surface area contributed by atoms with Crippen LogP contribution in [-0.2, 0) is 11.3 Å². The smallest absolute Gasteiger partial charge is 0.220 e. The van der Waals surface area contributed by atoms with Crippen molar-refractivity contribution < 1.29 is 4.79 Å². The molecule has 1 aromatic rings. The number of rotatable bonds is 5. The van der Waals surface area contributed by atoms with Crippen molar-refractivity contribution in [2.45, 2.75) is 64.6 Å². The van der Waals surface area contributed by atoms with Gasteiger partial charge in [-0.15, -0.1) is 12.4 Å². The quantitative estimate of drug-likeness (QED) is 0.869. The number of nitrogens with two attached hydrogens (primary N) is 1. The van der Waals surface area contributed by atoms with Gasteiger partial charge in [-0.1, -0.05) is 0 Å². The Morgan fingerprint density at radius 2 is 2.25 bits per heavy atom. The first kappa shape index (κ1) is 17.0. The topological polar surface area (TPSA) is 72.9 Å². The van der Waals surface area contributed by atoms with E-state index in [9.17, 15) is 4.79 Å². The standard InChI is InChI=1S/C14H24N4O.ClH/c1-10-8-11(2)18(17-10)7-3-4-14(19)16-13-6-5-12(15)9-13;/h8,12-13H,3-7,9,15H2,1-2H3,(H,16,19);1H/t12-,13-;/m1./s1. The van der Waals surface area contributed by atoms with Crippen molar-refractivity contribution in [3.05, 3.63) is 17.5 Å². The lowest BCUT2D eigenvalue weighted by atomic mass is 10.2. The summed E-state index contributed by atoms with van der Waals surface area (Å²) in [6, 6.07) is 2.61. The molecule has 3 N–H and O–H groups in total. The van der Waals surface area contributed by atoms with Crippen LogP contribution in [0, 0.1) is 13.8 Å². The highest BCUT2D eigenvalue weighted by molar-refractivity contribution is 5.85. The molecule has 0 bridgehead atoms. The molecule has 1 aliphatic rings. The van der Waals surface area contributed by atoms with Crippen molar-refractivity contribution in [2.75, 3.05) is 0 Å². The minimum Gasteiger partial charge on any atom is -0.353 e. The second-order valence-corrected chi connectivity index (χ2v) is 5.59. The first-order valence-corrected chi connectivity index (χ1v) is 7.10. The van der Waals surface area contributed by atoms with Crippen molar-refractivity contribution >= 4 is 18.3 Å². The number of halogens is 1. The van der Waals surface area contributed by atoms with E-state index in [0.29, 0.717) is 6.42 Å². The summed E-state index contributed by atoms with van der Waals surface area (Å²) in [6.07, 6.45) is 4.35. The lowest BCUT2D eigenvalue weighted by molar-refractivity contribution is -0.121. The van der Waals surface area contributed by atoms with Crippen molar-refractivity contribution in [3.63, 3.8) is 0 Å². The maximum Gasteiger partial charge on any atom is 0.220 e. The summed E-state index contributed by atoms with van der Waals surface area (Å²) < 4.78 is 1.97. The molecule has 2 atom stereocenters. The fourth-order valence-corrected chi connectivity index (χ4v) is 2.74. The molecule has 0 saturated heterocycles. The Hall–Kier alpha value is -1.07. The first-order valence-electron chi connectivity index (χ1n) is 7.10. The minimum atomic E-state index is 0. The fourth-order valence-electron chi connectivity index (χ4n) is 2.74. The predicted octanol–water partition coefficient (Wildman–Crippen LogP) is 1.70. The Kier molecular flexibility index (Phi) is 6.49. The SMILES string of the molecule is Cc1cc(C)n(CCCC(=O)N[C@@H]2CC[C@@H](N)C2)n1.Cl. The Balaban J connectivity index is 0.00000200. The third kappa shape index (κ3) is 4.80. The Morgan fingerprint density at radius 3 is 2.80 bits per heavy atom. The van der Waals surface area contributed by atoms with Crippen LogP contribution in [0.1, 0.15) is 43.5 Å². The van der Waals surface area contributed by atoms with Crippen molar-refractivity contribution in [1.82, 2.24) is 15.1 Å². The van der Waals surface area contributed by atoms with Crippen LogP contribution in [0.25, 0.3) is 0 Å². The molecule has 2 rings (SSSR count). The van der Waals surface area contributed by atoms with Crippen LogP contribution >= 0.6 is 12.4 Å². The number of hydrogen-bond acceptors (Lipinski definition) is 3. The van der Waals surface area contributed by atoms with Gasteiger partial charge < -0.3 is 11.1 Å². The first-order chi connectivity index (χ1) is 9.04. The van der Waals surface area contributed by atoms with E-state index in [2.05, 4.69) is 16.5 Å². The zero-order valence-corrected chi connectivity index (χ0v) is 13.1. The Morgan fingerprint density at radius 1 is 1.50 bits per heavy atom. The van der Waals surface area contributed by atoms with E-state index in [1.165, 1.54) is 0 Å². The van der Waals surface area contributed by atoms with Crippen molar-refractivity contribution in [2.24, 2.45) is 5.73 Å². The van der Waals surface area contributed by atoms with E-state index in [1.807, 2.05) is 18.5 Å². The number of nitrogens with one attached hydrogen (secondary N) is 1. The van der Waals surface area contributed by atoms with Gasteiger partial charge in [0.05, 0.1) is 5.69 Å². The van der Waals surface area contributed by atoms with Gasteiger partial charge in [0.2, 0.25) is 5.91 Å². The van der Waals surface area contributed by atoms with E-state index < -0.39 is 0 Å². The predicted molar refractivity (Wildman–Crippen MR) is 81.9 cm³/mol. The van der Waals surface area contributed by atoms with E-state index in [1.54, 1.807) is 0 Å². The van der Waals surface area contributed by atoms with Gasteiger partial charge >= 0.3 is 0 Å². The van der Waals surface area contributed by atoms with Crippen LogP contribution in [0.3, 0.4) is 0 Å². The van der Waals surface area contributed by atoms with Crippen LogP contribution in [0.2, 0.25) is 0 Å². The average molecular weight is 301 g/mol. The normalized spacial score (nSPS) is 21.6. The molecule has 0 spiro atoms. The van der Waals surface area contributed by atoms with E-state index >= 15 is 0 Å². The summed E-state index contributed by atoms with van der Waals surface area (Å²) in [5.41, 5.74) is 8.02. The number of aryl methyl sites for hydroxylation is 3. The summed E-state index contributed by atoms with van der Waals surface area (Å²) in [6.45, 7) is 4.83. The zero-order valence-electron chi connectivity index (χ0n) is 12.3. The highest BCUT2D eigenvalue weighted by Crippen LogP contribution is 2.17. The van der Waals surface area contributed by atoms with Crippen LogP contribution < -0.4 is 11.1 Å². The second kappa shape index (κ2) is 7.64. The molecular weight excluding hydrogens is 276 g/mol. The molecule has 0 unspecified atom stereocenters. The monoisotopic (exact) mass is 300 g/mol. The van der Waals surface area contributed by atoms with Crippen LogP contribution in [-0.4, -0.2) is 27.8 Å². The number of carbonyl (C=O) groups excluding carboxylic acids is 1. The van der Waals surface area contributed by atoms with Crippen molar-refractivity contribution in [3.8, 4) is 0 Å². The van der Waals surface area contributed by atoms with Crippen LogP contribution in [0.4, 0.5) is 0 Å². The van der Waals surface area contributed by atoms with Gasteiger partial charge in [0.1, 0.15) is 0 Å². The molecule has 20 heavy (non-hydrogen) atoms. The highest BCUT2D eigenvalue weighted by atomic mass is 35.5. The number of hydrogen-bond donors (Lipinski definition) is 2. The fraction of sp³-hybridized carbons (Fsp3) is 0.714. The summed E-state index contributed by atoms with van der Waals surface area (Å²) in [5.74, 6) is 0.139. The number of aromatic nitrogens is 2. The molecule has 1 fully saturated rings. The average Bonchev–Trinajstić information content (AvgIpc) is 2.86. The summed E-state index contributed by atoms with van der Waals surface area (Å²) >= 11 is 0. The summed E-state index contributed by atoms with van der Waals surface area (Å²) in [4.78, 5) is 11.8. The lowest BCUT2D eigenvalue weighted by Gasteiger charge is -2.12. The van der Waals surface area contributed by atoms with Gasteiger partial charge in [-0.05, 0) is 45.6 Å². The zero-order chi connectivity index (χ0) is 13.8. The molecule has 1 aliphatic carbocycles. The molecule has 1 heterocycles. The Bertz CT molecular complexity index is 446. The van der Waals surface area contributed by atoms with E-state index in [-0.39, 0.29) is 30.4 Å². The molecule has 0 radical (unpaired) electrons. The van der Waals surface area contributed by atoms with Crippen molar-refractivity contribution in [1.29, 1.82) is 0 Å². The summed E-state index contributed by atoms with van der Waals surface area (Å²) in [7, 11) is 0. The van der Waals surface area contributed by atoms with Crippen LogP contribution in [0.5, 0.6) is 0 Å². The molecule has 1 aromatic heterocycles.